The topological polar surface area (TPSA) is 101 Å². The lowest BCUT2D eigenvalue weighted by molar-refractivity contribution is -0.380. The van der Waals surface area contributed by atoms with Gasteiger partial charge in [-0.15, -0.1) is 0 Å². The number of hydrogen-bond acceptors (Lipinski definition) is 5. The van der Waals surface area contributed by atoms with Gasteiger partial charge in [0.25, 0.3) is 0 Å². The number of likely N-dealkylation sites (N-methyl/N-ethyl adjacent to an activating group) is 1. The minimum absolute atomic E-state index is 0.0130. The summed E-state index contributed by atoms with van der Waals surface area (Å²) in [6.45, 7) is -0.395. The second kappa shape index (κ2) is 5.92. The molecule has 0 atom stereocenters. The van der Waals surface area contributed by atoms with Crippen LogP contribution in [0, 0.1) is 10.1 Å². The molecule has 0 aliphatic rings. The van der Waals surface area contributed by atoms with Crippen LogP contribution in [-0.2, 0) is 9.59 Å². The first-order chi connectivity index (χ1) is 8.40. The zero-order valence-electron chi connectivity index (χ0n) is 9.40. The normalized spacial score (nSPS) is 10.5. The van der Waals surface area contributed by atoms with E-state index in [4.69, 9.17) is 5.11 Å². The molecule has 0 radical (unpaired) electrons. The molecule has 1 rings (SSSR count). The highest BCUT2D eigenvalue weighted by atomic mass is 32.1. The predicted molar refractivity (Wildman–Crippen MR) is 65.3 cm³/mol. The lowest BCUT2D eigenvalue weighted by Crippen LogP contribution is -2.30. The zero-order chi connectivity index (χ0) is 13.7. The van der Waals surface area contributed by atoms with Gasteiger partial charge in [0.15, 0.2) is 0 Å². The van der Waals surface area contributed by atoms with Crippen LogP contribution in [0.15, 0.2) is 18.2 Å². The largest absolute Gasteiger partial charge is 0.480 e. The van der Waals surface area contributed by atoms with Gasteiger partial charge in [0.1, 0.15) is 6.54 Å². The molecule has 0 aliphatic carbocycles. The third-order valence-corrected chi connectivity index (χ3v) is 2.93. The maximum atomic E-state index is 11.4. The van der Waals surface area contributed by atoms with E-state index < -0.39 is 23.3 Å². The van der Waals surface area contributed by atoms with E-state index >= 15 is 0 Å². The Kier molecular flexibility index (Phi) is 4.55. The van der Waals surface area contributed by atoms with Gasteiger partial charge in [-0.3, -0.25) is 19.7 Å². The van der Waals surface area contributed by atoms with E-state index in [0.717, 1.165) is 16.2 Å². The van der Waals surface area contributed by atoms with Crippen molar-refractivity contribution in [1.29, 1.82) is 0 Å². The van der Waals surface area contributed by atoms with E-state index in [9.17, 15) is 19.7 Å². The van der Waals surface area contributed by atoms with Crippen LogP contribution in [0.25, 0.3) is 6.08 Å². The smallest absolute Gasteiger partial charge is 0.324 e. The molecule has 1 heterocycles. The van der Waals surface area contributed by atoms with E-state index in [2.05, 4.69) is 0 Å². The Morgan fingerprint density at radius 2 is 2.22 bits per heavy atom. The summed E-state index contributed by atoms with van der Waals surface area (Å²) in [7, 11) is 1.36. The molecule has 18 heavy (non-hydrogen) atoms. The summed E-state index contributed by atoms with van der Waals surface area (Å²) in [6.07, 6.45) is 2.59. The molecule has 1 aromatic heterocycles. The number of amides is 1. The van der Waals surface area contributed by atoms with Crippen molar-refractivity contribution < 1.29 is 19.6 Å². The average Bonchev–Trinajstić information content (AvgIpc) is 2.73. The molecular weight excluding hydrogens is 260 g/mol. The maximum Gasteiger partial charge on any atom is 0.324 e. The van der Waals surface area contributed by atoms with Crippen molar-refractivity contribution in [3.05, 3.63) is 33.2 Å². The molecule has 1 amide bonds. The van der Waals surface area contributed by atoms with Gasteiger partial charge >= 0.3 is 11.0 Å². The number of nitrogens with zero attached hydrogens (tertiary/aromatic N) is 2. The van der Waals surface area contributed by atoms with Crippen molar-refractivity contribution in [2.45, 2.75) is 0 Å². The van der Waals surface area contributed by atoms with E-state index in [-0.39, 0.29) is 5.00 Å². The van der Waals surface area contributed by atoms with Crippen LogP contribution in [0.2, 0.25) is 0 Å². The van der Waals surface area contributed by atoms with Crippen molar-refractivity contribution in [3.63, 3.8) is 0 Å². The predicted octanol–water partition coefficient (Wildman–Crippen LogP) is 1.21. The van der Waals surface area contributed by atoms with Crippen LogP contribution < -0.4 is 0 Å². The monoisotopic (exact) mass is 270 g/mol. The number of thiophene rings is 1. The van der Waals surface area contributed by atoms with E-state index in [1.807, 2.05) is 0 Å². The highest BCUT2D eigenvalue weighted by Crippen LogP contribution is 2.24. The third-order valence-electron chi connectivity index (χ3n) is 1.93. The molecule has 1 N–H and O–H groups in total. The van der Waals surface area contributed by atoms with Gasteiger partial charge in [0, 0.05) is 24.1 Å². The first-order valence-corrected chi connectivity index (χ1v) is 5.61. The Bertz CT molecular complexity index is 508. The summed E-state index contributed by atoms with van der Waals surface area (Å²) < 4.78 is 0. The molecule has 0 fully saturated rings. The molecule has 7 nitrogen and oxygen atoms in total. The van der Waals surface area contributed by atoms with Crippen molar-refractivity contribution in [2.24, 2.45) is 0 Å². The quantitative estimate of drug-likeness (QED) is 0.492. The number of carbonyl (C=O) groups is 2. The summed E-state index contributed by atoms with van der Waals surface area (Å²) in [5, 5.41) is 18.9. The van der Waals surface area contributed by atoms with Crippen LogP contribution in [0.3, 0.4) is 0 Å². The van der Waals surface area contributed by atoms with Crippen LogP contribution in [0.1, 0.15) is 4.88 Å². The molecule has 0 aliphatic heterocycles. The molecule has 0 saturated carbocycles. The molecule has 1 aromatic rings. The summed E-state index contributed by atoms with van der Waals surface area (Å²) >= 11 is 0.936. The highest BCUT2D eigenvalue weighted by molar-refractivity contribution is 7.16. The van der Waals surface area contributed by atoms with Crippen LogP contribution in [0.4, 0.5) is 5.00 Å². The number of carbonyl (C=O) groups excluding carboxylic acids is 1. The van der Waals surface area contributed by atoms with Gasteiger partial charge in [-0.1, -0.05) is 11.3 Å². The van der Waals surface area contributed by atoms with Crippen molar-refractivity contribution in [2.75, 3.05) is 13.6 Å². The fraction of sp³-hybridized carbons (Fsp3) is 0.200. The van der Waals surface area contributed by atoms with Crippen LogP contribution in [0.5, 0.6) is 0 Å². The van der Waals surface area contributed by atoms with Gasteiger partial charge in [0.05, 0.1) is 4.92 Å². The van der Waals surface area contributed by atoms with Gasteiger partial charge < -0.3 is 10.0 Å². The number of hydrogen-bond donors (Lipinski definition) is 1. The van der Waals surface area contributed by atoms with Gasteiger partial charge in [0.2, 0.25) is 5.91 Å². The first kappa shape index (κ1) is 13.8. The summed E-state index contributed by atoms with van der Waals surface area (Å²) in [6, 6.07) is 2.86. The molecule has 8 heteroatoms. The number of nitro groups is 1. The Hall–Kier alpha value is -2.22. The second-order valence-corrected chi connectivity index (χ2v) is 4.45. The lowest BCUT2D eigenvalue weighted by Gasteiger charge is -2.10. The minimum Gasteiger partial charge on any atom is -0.480 e. The third kappa shape index (κ3) is 3.98. The van der Waals surface area contributed by atoms with E-state index in [0.29, 0.717) is 4.88 Å². The molecule has 0 saturated heterocycles. The number of carboxylic acid groups (broad SMARTS) is 1. The fourth-order valence-corrected chi connectivity index (χ4v) is 1.82. The lowest BCUT2D eigenvalue weighted by atomic mass is 10.4. The number of carboxylic acids is 1. The second-order valence-electron chi connectivity index (χ2n) is 3.35. The average molecular weight is 270 g/mol. The molecule has 0 unspecified atom stereocenters. The maximum absolute atomic E-state index is 11.4. The molecule has 96 valence electrons. The van der Waals surface area contributed by atoms with Gasteiger partial charge in [-0.25, -0.2) is 0 Å². The van der Waals surface area contributed by atoms with E-state index in [1.54, 1.807) is 0 Å². The molecule has 0 spiro atoms. The van der Waals surface area contributed by atoms with Crippen molar-refractivity contribution >= 4 is 34.3 Å². The number of rotatable bonds is 5. The standard InChI is InChI=1S/C10H10N2O5S/c1-11(6-10(14)15)8(13)4-2-7-3-5-9(18-7)12(16)17/h2-5H,6H2,1H3,(H,14,15)/b4-2+. The molecular formula is C10H10N2O5S. The van der Waals surface area contributed by atoms with Crippen molar-refractivity contribution in [3.8, 4) is 0 Å². The first-order valence-electron chi connectivity index (χ1n) is 4.79. The Morgan fingerprint density at radius 3 is 2.72 bits per heavy atom. The summed E-state index contributed by atoms with van der Waals surface area (Å²) in [4.78, 5) is 33.3. The van der Waals surface area contributed by atoms with Gasteiger partial charge in [-0.05, 0) is 12.1 Å². The minimum atomic E-state index is -1.11. The van der Waals surface area contributed by atoms with Crippen LogP contribution in [-0.4, -0.2) is 40.4 Å². The summed E-state index contributed by atoms with van der Waals surface area (Å²) in [5.41, 5.74) is 0. The zero-order valence-corrected chi connectivity index (χ0v) is 10.2. The van der Waals surface area contributed by atoms with Gasteiger partial charge in [-0.2, -0.15) is 0 Å². The Morgan fingerprint density at radius 1 is 1.56 bits per heavy atom. The molecule has 0 aromatic carbocycles. The fourth-order valence-electron chi connectivity index (χ4n) is 1.09. The highest BCUT2D eigenvalue weighted by Gasteiger charge is 2.10. The van der Waals surface area contributed by atoms with E-state index in [1.165, 1.54) is 31.3 Å². The van der Waals surface area contributed by atoms with Crippen molar-refractivity contribution in [1.82, 2.24) is 4.90 Å². The van der Waals surface area contributed by atoms with Crippen LogP contribution >= 0.6 is 11.3 Å². The Labute approximate surface area is 106 Å². The SMILES string of the molecule is CN(CC(=O)O)C(=O)/C=C/c1ccc([N+](=O)[O-])s1. The molecule has 0 bridgehead atoms. The summed E-state index contributed by atoms with van der Waals surface area (Å²) in [5.74, 6) is -1.58. The number of aliphatic carboxylic acids is 1. The Balaban J connectivity index is 2.65.